The van der Waals surface area contributed by atoms with Crippen LogP contribution < -0.4 is 15.4 Å². The van der Waals surface area contributed by atoms with Gasteiger partial charge in [-0.15, -0.1) is 11.8 Å². The lowest BCUT2D eigenvalue weighted by Crippen LogP contribution is -2.59. The van der Waals surface area contributed by atoms with Crippen LogP contribution in [0.1, 0.15) is 36.1 Å². The lowest BCUT2D eigenvalue weighted by Gasteiger charge is -2.33. The van der Waals surface area contributed by atoms with Crippen LogP contribution in [0, 0.1) is 13.8 Å². The highest BCUT2D eigenvalue weighted by Gasteiger charge is 2.49. The van der Waals surface area contributed by atoms with E-state index >= 15 is 0 Å². The average molecular weight is 590 g/mol. The van der Waals surface area contributed by atoms with Gasteiger partial charge in [0.2, 0.25) is 5.91 Å². The molecule has 1 fully saturated rings. The summed E-state index contributed by atoms with van der Waals surface area (Å²) in [5, 5.41) is 17.2. The highest BCUT2D eigenvalue weighted by molar-refractivity contribution is 8.00. The van der Waals surface area contributed by atoms with E-state index in [-0.39, 0.29) is 24.8 Å². The molecule has 0 aromatic heterocycles. The van der Waals surface area contributed by atoms with E-state index in [2.05, 4.69) is 10.6 Å². The molecule has 1 aliphatic rings. The average Bonchev–Trinajstić information content (AvgIpc) is 3.30. The molecule has 222 valence electrons. The molecule has 0 aliphatic carbocycles. The molecule has 3 aromatic rings. The number of rotatable bonds is 11. The molecule has 0 spiro atoms. The Labute approximate surface area is 251 Å². The zero-order valence-electron chi connectivity index (χ0n) is 24.5. The highest BCUT2D eigenvalue weighted by Crippen LogP contribution is 2.40. The van der Waals surface area contributed by atoms with Crippen molar-refractivity contribution in [2.24, 2.45) is 0 Å². The Morgan fingerprint density at radius 3 is 2.31 bits per heavy atom. The first-order valence-electron chi connectivity index (χ1n) is 14.0. The first-order valence-corrected chi connectivity index (χ1v) is 15.0. The van der Waals surface area contributed by atoms with E-state index < -0.39 is 34.7 Å². The van der Waals surface area contributed by atoms with E-state index in [4.69, 9.17) is 4.74 Å². The largest absolute Gasteiger partial charge is 0.484 e. The van der Waals surface area contributed by atoms with Gasteiger partial charge in [0, 0.05) is 11.3 Å². The van der Waals surface area contributed by atoms with E-state index in [1.807, 2.05) is 100 Å². The maximum absolute atomic E-state index is 13.8. The van der Waals surface area contributed by atoms with Crippen LogP contribution in [0.5, 0.6) is 5.75 Å². The van der Waals surface area contributed by atoms with Crippen LogP contribution in [0.25, 0.3) is 0 Å². The van der Waals surface area contributed by atoms with Crippen molar-refractivity contribution in [1.82, 2.24) is 15.5 Å². The van der Waals surface area contributed by atoms with Crippen molar-refractivity contribution >= 4 is 29.5 Å². The number of nitrogens with one attached hydrogen (secondary N) is 2. The third-order valence-electron chi connectivity index (χ3n) is 7.52. The molecule has 42 heavy (non-hydrogen) atoms. The molecule has 3 N–H and O–H groups in total. The van der Waals surface area contributed by atoms with Crippen LogP contribution in [0.15, 0.2) is 78.9 Å². The van der Waals surface area contributed by atoms with Crippen molar-refractivity contribution in [1.29, 1.82) is 0 Å². The van der Waals surface area contributed by atoms with Gasteiger partial charge in [-0.1, -0.05) is 72.8 Å². The van der Waals surface area contributed by atoms with Crippen molar-refractivity contribution in [2.45, 2.75) is 63.6 Å². The van der Waals surface area contributed by atoms with Gasteiger partial charge >= 0.3 is 0 Å². The Bertz CT molecular complexity index is 1400. The minimum Gasteiger partial charge on any atom is -0.484 e. The summed E-state index contributed by atoms with van der Waals surface area (Å²) in [7, 11) is 0. The van der Waals surface area contributed by atoms with Gasteiger partial charge in [-0.25, -0.2) is 0 Å². The van der Waals surface area contributed by atoms with Gasteiger partial charge in [0.05, 0.1) is 11.9 Å². The molecule has 0 saturated carbocycles. The maximum Gasteiger partial charge on any atom is 0.258 e. The molecule has 0 unspecified atom stereocenters. The number of carbonyl (C=O) groups excluding carboxylic acids is 3. The summed E-state index contributed by atoms with van der Waals surface area (Å²) in [5.41, 5.74) is 3.79. The molecule has 3 atom stereocenters. The van der Waals surface area contributed by atoms with Gasteiger partial charge in [-0.2, -0.15) is 0 Å². The predicted molar refractivity (Wildman–Crippen MR) is 165 cm³/mol. The Hall–Kier alpha value is -3.82. The van der Waals surface area contributed by atoms with Crippen molar-refractivity contribution in [3.05, 3.63) is 101 Å². The van der Waals surface area contributed by atoms with Crippen molar-refractivity contribution in [3.63, 3.8) is 0 Å². The summed E-state index contributed by atoms with van der Waals surface area (Å²) < 4.78 is 5.11. The fraction of sp³-hybridized carbons (Fsp3) is 0.364. The Kier molecular flexibility index (Phi) is 10.3. The second-order valence-electron chi connectivity index (χ2n) is 11.1. The molecule has 3 aromatic carbocycles. The number of aryl methyl sites for hydroxylation is 2. The number of hydrogen-bond donors (Lipinski definition) is 3. The standard InChI is InChI=1S/C33H39N3O5S/c1-22-12-8-10-16-25(22)19-34-31(39)30-33(3,4)42-21-36(30)32(40)29(38)26(18-24-14-6-5-7-15-24)35-28(37)20-41-27-17-11-9-13-23(27)2/h5-17,26,29-30,38H,18-21H2,1-4H3,(H,34,39)(H,35,37)/t26-,29-,30+/m0/s1. The number of para-hydroxylation sites is 1. The summed E-state index contributed by atoms with van der Waals surface area (Å²) in [6.07, 6.45) is -1.35. The van der Waals surface area contributed by atoms with E-state index in [1.54, 1.807) is 6.07 Å². The Morgan fingerprint density at radius 2 is 1.62 bits per heavy atom. The third-order valence-corrected chi connectivity index (χ3v) is 8.90. The van der Waals surface area contributed by atoms with E-state index in [0.29, 0.717) is 12.3 Å². The molecule has 0 radical (unpaired) electrons. The van der Waals surface area contributed by atoms with Crippen LogP contribution >= 0.6 is 11.8 Å². The third kappa shape index (κ3) is 7.72. The van der Waals surface area contributed by atoms with Gasteiger partial charge in [-0.3, -0.25) is 14.4 Å². The van der Waals surface area contributed by atoms with Crippen molar-refractivity contribution in [3.8, 4) is 5.75 Å². The molecule has 4 rings (SSSR count). The summed E-state index contributed by atoms with van der Waals surface area (Å²) >= 11 is 1.48. The molecule has 1 saturated heterocycles. The SMILES string of the molecule is Cc1ccccc1CNC(=O)[C@H]1N(C(=O)[C@@H](O)[C@H](Cc2ccccc2)NC(=O)COc2ccccc2C)CSC1(C)C. The summed E-state index contributed by atoms with van der Waals surface area (Å²) in [6.45, 7) is 7.77. The first kappa shape index (κ1) is 31.1. The van der Waals surface area contributed by atoms with Crippen LogP contribution in [0.2, 0.25) is 0 Å². The normalized spacial score (nSPS) is 17.3. The van der Waals surface area contributed by atoms with Gasteiger partial charge in [-0.05, 0) is 62.4 Å². The number of hydrogen-bond acceptors (Lipinski definition) is 6. The lowest BCUT2D eigenvalue weighted by atomic mass is 9.97. The number of benzene rings is 3. The topological polar surface area (TPSA) is 108 Å². The van der Waals surface area contributed by atoms with Gasteiger partial charge < -0.3 is 25.4 Å². The molecule has 8 nitrogen and oxygen atoms in total. The zero-order chi connectivity index (χ0) is 30.3. The monoisotopic (exact) mass is 589 g/mol. The molecule has 0 bridgehead atoms. The summed E-state index contributed by atoms with van der Waals surface area (Å²) in [6, 6.07) is 22.8. The fourth-order valence-corrected chi connectivity index (χ4v) is 6.20. The lowest BCUT2D eigenvalue weighted by molar-refractivity contribution is -0.148. The van der Waals surface area contributed by atoms with Crippen molar-refractivity contribution < 1.29 is 24.2 Å². The van der Waals surface area contributed by atoms with Gasteiger partial charge in [0.15, 0.2) is 12.7 Å². The van der Waals surface area contributed by atoms with Crippen molar-refractivity contribution in [2.75, 3.05) is 12.5 Å². The number of ether oxygens (including phenoxy) is 1. The van der Waals surface area contributed by atoms with Crippen LogP contribution in [0.3, 0.4) is 0 Å². The van der Waals surface area contributed by atoms with E-state index in [9.17, 15) is 19.5 Å². The Morgan fingerprint density at radius 1 is 0.976 bits per heavy atom. The molecule has 1 heterocycles. The molecular formula is C33H39N3O5S. The van der Waals surface area contributed by atoms with Crippen LogP contribution in [0.4, 0.5) is 0 Å². The fourth-order valence-electron chi connectivity index (χ4n) is 5.06. The number of thioether (sulfide) groups is 1. The summed E-state index contributed by atoms with van der Waals surface area (Å²) in [5.74, 6) is -0.531. The number of aliphatic hydroxyl groups excluding tert-OH is 1. The Balaban J connectivity index is 1.48. The van der Waals surface area contributed by atoms with Crippen LogP contribution in [-0.4, -0.2) is 63.1 Å². The smallest absolute Gasteiger partial charge is 0.258 e. The second kappa shape index (κ2) is 13.9. The highest BCUT2D eigenvalue weighted by atomic mass is 32.2. The minimum atomic E-state index is -1.58. The zero-order valence-corrected chi connectivity index (χ0v) is 25.3. The number of carbonyl (C=O) groups is 3. The molecule has 1 aliphatic heterocycles. The first-order chi connectivity index (χ1) is 20.1. The number of nitrogens with zero attached hydrogens (tertiary/aromatic N) is 1. The predicted octanol–water partition coefficient (Wildman–Crippen LogP) is 3.77. The van der Waals surface area contributed by atoms with E-state index in [0.717, 1.165) is 22.3 Å². The number of aliphatic hydroxyl groups is 1. The van der Waals surface area contributed by atoms with Gasteiger partial charge in [0.1, 0.15) is 11.8 Å². The molecular weight excluding hydrogens is 550 g/mol. The number of amides is 3. The summed E-state index contributed by atoms with van der Waals surface area (Å²) in [4.78, 5) is 41.7. The quantitative estimate of drug-likeness (QED) is 0.314. The van der Waals surface area contributed by atoms with Crippen LogP contribution in [-0.2, 0) is 27.3 Å². The molecule has 3 amide bonds. The van der Waals surface area contributed by atoms with Gasteiger partial charge in [0.25, 0.3) is 11.8 Å². The maximum atomic E-state index is 13.8. The molecule has 9 heteroatoms. The second-order valence-corrected chi connectivity index (χ2v) is 12.7. The minimum absolute atomic E-state index is 0.221. The van der Waals surface area contributed by atoms with E-state index in [1.165, 1.54) is 16.7 Å².